The molecule has 0 bridgehead atoms. The number of hydrogen-bond acceptors (Lipinski definition) is 7. The Labute approximate surface area is 253 Å². The zero-order valence-electron chi connectivity index (χ0n) is 24.5. The second-order valence-corrected chi connectivity index (χ2v) is 18.0. The lowest BCUT2D eigenvalue weighted by Gasteiger charge is -2.40. The summed E-state index contributed by atoms with van der Waals surface area (Å²) < 4.78 is 101. The SMILES string of the molecule is CC1(CCS(=O)(=O)c2ccc(S(C)(=O)=O)cc2)CCN(CC[C@H](c2ccc(S(C)(=O)=O)cc2)c2cc(F)cc(F)c2)CC1. The highest BCUT2D eigenvalue weighted by Crippen LogP contribution is 2.37. The quantitative estimate of drug-likeness (QED) is 0.278. The highest BCUT2D eigenvalue weighted by atomic mass is 32.2. The maximum atomic E-state index is 14.1. The minimum atomic E-state index is -3.58. The van der Waals surface area contributed by atoms with Crippen molar-refractivity contribution in [3.8, 4) is 0 Å². The third-order valence-corrected chi connectivity index (χ3v) is 12.4. The van der Waals surface area contributed by atoms with Gasteiger partial charge in [-0.15, -0.1) is 0 Å². The average Bonchev–Trinajstić information content (AvgIpc) is 2.92. The van der Waals surface area contributed by atoms with Crippen LogP contribution in [0.2, 0.25) is 0 Å². The molecule has 1 heterocycles. The Morgan fingerprint density at radius 2 is 1.19 bits per heavy atom. The third kappa shape index (κ3) is 8.71. The molecule has 0 saturated carbocycles. The lowest BCUT2D eigenvalue weighted by atomic mass is 9.78. The van der Waals surface area contributed by atoms with E-state index in [0.717, 1.165) is 50.1 Å². The summed E-state index contributed by atoms with van der Waals surface area (Å²) >= 11 is 0. The average molecular weight is 654 g/mol. The summed E-state index contributed by atoms with van der Waals surface area (Å²) in [6.07, 6.45) is 4.77. The van der Waals surface area contributed by atoms with Crippen LogP contribution in [0.25, 0.3) is 0 Å². The van der Waals surface area contributed by atoms with E-state index >= 15 is 0 Å². The molecule has 0 aliphatic carbocycles. The van der Waals surface area contributed by atoms with Gasteiger partial charge in [0.1, 0.15) is 11.6 Å². The lowest BCUT2D eigenvalue weighted by molar-refractivity contribution is 0.113. The van der Waals surface area contributed by atoms with Crippen LogP contribution in [-0.4, -0.2) is 68.1 Å². The predicted octanol–water partition coefficient (Wildman–Crippen LogP) is 5.26. The van der Waals surface area contributed by atoms with Crippen molar-refractivity contribution >= 4 is 29.5 Å². The van der Waals surface area contributed by atoms with Crippen LogP contribution in [0.1, 0.15) is 49.7 Å². The van der Waals surface area contributed by atoms with Gasteiger partial charge in [-0.05, 0) is 110 Å². The van der Waals surface area contributed by atoms with Crippen LogP contribution in [0, 0.1) is 17.0 Å². The van der Waals surface area contributed by atoms with Crippen molar-refractivity contribution in [1.82, 2.24) is 4.90 Å². The summed E-state index contributed by atoms with van der Waals surface area (Å²) in [5.41, 5.74) is 1.04. The summed E-state index contributed by atoms with van der Waals surface area (Å²) in [4.78, 5) is 2.60. The van der Waals surface area contributed by atoms with Gasteiger partial charge in [0.15, 0.2) is 29.5 Å². The van der Waals surface area contributed by atoms with E-state index < -0.39 is 41.1 Å². The normalized spacial score (nSPS) is 17.0. The Bertz CT molecular complexity index is 1750. The molecule has 0 radical (unpaired) electrons. The molecule has 1 saturated heterocycles. The van der Waals surface area contributed by atoms with E-state index in [9.17, 15) is 34.0 Å². The van der Waals surface area contributed by atoms with Gasteiger partial charge in [0, 0.05) is 24.5 Å². The molecule has 43 heavy (non-hydrogen) atoms. The third-order valence-electron chi connectivity index (χ3n) is 8.38. The van der Waals surface area contributed by atoms with Crippen molar-refractivity contribution in [3.63, 3.8) is 0 Å². The number of piperidine rings is 1. The molecule has 7 nitrogen and oxygen atoms in total. The van der Waals surface area contributed by atoms with Crippen LogP contribution < -0.4 is 0 Å². The van der Waals surface area contributed by atoms with Gasteiger partial charge >= 0.3 is 0 Å². The summed E-state index contributed by atoms with van der Waals surface area (Å²) in [6, 6.07) is 15.1. The van der Waals surface area contributed by atoms with Crippen molar-refractivity contribution in [2.24, 2.45) is 5.41 Å². The molecule has 0 aromatic heterocycles. The molecule has 0 spiro atoms. The van der Waals surface area contributed by atoms with Gasteiger partial charge in [-0.3, -0.25) is 0 Å². The highest BCUT2D eigenvalue weighted by molar-refractivity contribution is 7.91. The van der Waals surface area contributed by atoms with Gasteiger partial charge in [0.2, 0.25) is 0 Å². The first-order valence-electron chi connectivity index (χ1n) is 14.0. The monoisotopic (exact) mass is 653 g/mol. The van der Waals surface area contributed by atoms with Crippen molar-refractivity contribution in [1.29, 1.82) is 0 Å². The summed E-state index contributed by atoms with van der Waals surface area (Å²) in [7, 11) is -10.4. The van der Waals surface area contributed by atoms with Gasteiger partial charge in [-0.1, -0.05) is 19.1 Å². The molecular formula is C31H37F2NO6S3. The second kappa shape index (κ2) is 12.7. The van der Waals surface area contributed by atoms with Gasteiger partial charge in [-0.25, -0.2) is 34.0 Å². The van der Waals surface area contributed by atoms with Crippen LogP contribution in [0.3, 0.4) is 0 Å². The molecule has 0 amide bonds. The van der Waals surface area contributed by atoms with Gasteiger partial charge in [-0.2, -0.15) is 0 Å². The van der Waals surface area contributed by atoms with Gasteiger partial charge in [0.05, 0.1) is 20.4 Å². The van der Waals surface area contributed by atoms with Crippen molar-refractivity contribution in [2.75, 3.05) is 37.9 Å². The highest BCUT2D eigenvalue weighted by Gasteiger charge is 2.32. The Balaban J connectivity index is 1.39. The minimum Gasteiger partial charge on any atom is -0.303 e. The zero-order valence-corrected chi connectivity index (χ0v) is 26.9. The first-order chi connectivity index (χ1) is 20.0. The molecule has 1 fully saturated rings. The molecule has 0 unspecified atom stereocenters. The zero-order chi connectivity index (χ0) is 31.6. The smallest absolute Gasteiger partial charge is 0.178 e. The number of nitrogens with zero attached hydrogens (tertiary/aromatic N) is 1. The molecule has 1 aliphatic heterocycles. The first kappa shape index (κ1) is 33.2. The van der Waals surface area contributed by atoms with Crippen LogP contribution in [-0.2, 0) is 29.5 Å². The fraction of sp³-hybridized carbons (Fsp3) is 0.419. The maximum absolute atomic E-state index is 14.1. The Kier molecular flexibility index (Phi) is 9.85. The van der Waals surface area contributed by atoms with Crippen molar-refractivity contribution < 1.29 is 34.0 Å². The maximum Gasteiger partial charge on any atom is 0.178 e. The molecule has 3 aromatic rings. The summed E-state index contributed by atoms with van der Waals surface area (Å²) in [5.74, 6) is -1.75. The van der Waals surface area contributed by atoms with E-state index in [1.165, 1.54) is 48.5 Å². The summed E-state index contributed by atoms with van der Waals surface area (Å²) in [6.45, 7) is 4.18. The lowest BCUT2D eigenvalue weighted by Crippen LogP contribution is -2.40. The Morgan fingerprint density at radius 3 is 1.67 bits per heavy atom. The van der Waals surface area contributed by atoms with E-state index in [-0.39, 0.29) is 31.8 Å². The second-order valence-electron chi connectivity index (χ2n) is 11.8. The van der Waals surface area contributed by atoms with Crippen LogP contribution in [0.4, 0.5) is 8.78 Å². The molecular weight excluding hydrogens is 617 g/mol. The van der Waals surface area contributed by atoms with Crippen molar-refractivity contribution in [2.45, 2.75) is 53.2 Å². The number of hydrogen-bond donors (Lipinski definition) is 0. The topological polar surface area (TPSA) is 106 Å². The van der Waals surface area contributed by atoms with E-state index in [0.29, 0.717) is 24.9 Å². The molecule has 0 N–H and O–H groups in total. The molecule has 234 valence electrons. The van der Waals surface area contributed by atoms with Gasteiger partial charge < -0.3 is 4.90 Å². The molecule has 12 heteroatoms. The number of rotatable bonds is 11. The van der Waals surface area contributed by atoms with E-state index in [4.69, 9.17) is 0 Å². The Hall–Kier alpha value is -2.67. The van der Waals surface area contributed by atoms with E-state index in [1.54, 1.807) is 12.1 Å². The Morgan fingerprint density at radius 1 is 0.721 bits per heavy atom. The summed E-state index contributed by atoms with van der Waals surface area (Å²) in [5, 5.41) is 0. The van der Waals surface area contributed by atoms with Crippen LogP contribution >= 0.6 is 0 Å². The fourth-order valence-electron chi connectivity index (χ4n) is 5.52. The van der Waals surface area contributed by atoms with Crippen LogP contribution in [0.15, 0.2) is 81.4 Å². The van der Waals surface area contributed by atoms with Crippen LogP contribution in [0.5, 0.6) is 0 Å². The molecule has 4 rings (SSSR count). The number of halogens is 2. The predicted molar refractivity (Wildman–Crippen MR) is 162 cm³/mol. The molecule has 3 aromatic carbocycles. The molecule has 1 aliphatic rings. The molecule has 1 atom stereocenters. The first-order valence-corrected chi connectivity index (χ1v) is 19.4. The fourth-order valence-corrected chi connectivity index (χ4v) is 8.33. The van der Waals surface area contributed by atoms with Crippen molar-refractivity contribution in [3.05, 3.63) is 89.5 Å². The largest absolute Gasteiger partial charge is 0.303 e. The number of benzene rings is 3. The van der Waals surface area contributed by atoms with E-state index in [2.05, 4.69) is 11.8 Å². The standard InChI is InChI=1S/C31H37F2NO6S3/c1-31(15-19-43(39,40)29-10-8-28(9-11-29)42(3,37)38)13-17-34(18-14-31)16-12-30(24-20-25(32)22-26(33)21-24)23-4-6-27(7-5-23)41(2,35)36/h4-11,20-22,30H,12-19H2,1-3H3/t30-/m1/s1. The van der Waals surface area contributed by atoms with Gasteiger partial charge in [0.25, 0.3) is 0 Å². The minimum absolute atomic E-state index is 0.0432. The van der Waals surface area contributed by atoms with E-state index in [1.807, 2.05) is 0 Å². The number of likely N-dealkylation sites (tertiary alicyclic amines) is 1. The number of sulfone groups is 3.